The predicted octanol–water partition coefficient (Wildman–Crippen LogP) is 6.00. The number of benzene rings is 2. The van der Waals surface area contributed by atoms with Crippen molar-refractivity contribution in [3.05, 3.63) is 93.6 Å². The molecule has 4 aromatic rings. The molecule has 1 atom stereocenters. The zero-order valence-electron chi connectivity index (χ0n) is 16.9. The van der Waals surface area contributed by atoms with E-state index in [0.717, 1.165) is 21.1 Å². The number of hydrogen-bond donors (Lipinski definition) is 1. The number of anilines is 1. The van der Waals surface area contributed by atoms with Crippen molar-refractivity contribution in [2.45, 2.75) is 19.4 Å². The molecule has 5 rings (SSSR count). The third-order valence-electron chi connectivity index (χ3n) is 5.42. The Balaban J connectivity index is 1.68. The normalized spacial score (nSPS) is 16.4. The Hall–Kier alpha value is -3.23. The number of aryl methyl sites for hydroxylation is 1. The average molecular weight is 509 g/mol. The fourth-order valence-electron chi connectivity index (χ4n) is 3.85. The number of carbonyl (C=O) groups excluding carboxylic acids is 2. The van der Waals surface area contributed by atoms with E-state index >= 15 is 0 Å². The molecule has 1 N–H and O–H groups in total. The minimum atomic E-state index is -0.844. The molecule has 160 valence electrons. The van der Waals surface area contributed by atoms with Crippen molar-refractivity contribution < 1.29 is 19.1 Å². The molecule has 1 aliphatic rings. The summed E-state index contributed by atoms with van der Waals surface area (Å²) in [7, 11) is 0. The van der Waals surface area contributed by atoms with Gasteiger partial charge in [0.05, 0.1) is 28.1 Å². The molecule has 0 saturated carbocycles. The maximum Gasteiger partial charge on any atom is 0.296 e. The molecule has 0 saturated heterocycles. The molecule has 2 aromatic heterocycles. The highest BCUT2D eigenvalue weighted by molar-refractivity contribution is 9.10. The second-order valence-corrected chi connectivity index (χ2v) is 9.28. The SMILES string of the molecule is CCc1ccc2nc(N3C(=O)C(O)=C(C(=O)c4ccco4)[C@H]3c3cccc(Br)c3)sc2c1. The Morgan fingerprint density at radius 2 is 2.06 bits per heavy atom. The lowest BCUT2D eigenvalue weighted by Crippen LogP contribution is -2.30. The third-order valence-corrected chi connectivity index (χ3v) is 6.93. The Bertz CT molecular complexity index is 1390. The Morgan fingerprint density at radius 1 is 1.22 bits per heavy atom. The molecule has 3 heterocycles. The van der Waals surface area contributed by atoms with Gasteiger partial charge in [-0.25, -0.2) is 4.98 Å². The molecule has 1 amide bonds. The number of carbonyl (C=O) groups is 2. The van der Waals surface area contributed by atoms with Crippen LogP contribution >= 0.6 is 27.3 Å². The van der Waals surface area contributed by atoms with Crippen molar-refractivity contribution in [3.8, 4) is 0 Å². The fraction of sp³-hybridized carbons (Fsp3) is 0.125. The number of aromatic nitrogens is 1. The van der Waals surface area contributed by atoms with Gasteiger partial charge in [-0.2, -0.15) is 0 Å². The van der Waals surface area contributed by atoms with Crippen molar-refractivity contribution >= 4 is 54.3 Å². The van der Waals surface area contributed by atoms with Gasteiger partial charge in [0.2, 0.25) is 5.78 Å². The summed E-state index contributed by atoms with van der Waals surface area (Å²) < 4.78 is 6.99. The van der Waals surface area contributed by atoms with Crippen LogP contribution in [0.5, 0.6) is 0 Å². The fourth-order valence-corrected chi connectivity index (χ4v) is 5.32. The molecule has 0 aliphatic carbocycles. The van der Waals surface area contributed by atoms with E-state index in [1.807, 2.05) is 42.5 Å². The van der Waals surface area contributed by atoms with E-state index in [1.165, 1.54) is 34.1 Å². The largest absolute Gasteiger partial charge is 0.503 e. The zero-order chi connectivity index (χ0) is 22.4. The topological polar surface area (TPSA) is 83.6 Å². The van der Waals surface area contributed by atoms with Gasteiger partial charge in [0.25, 0.3) is 5.91 Å². The van der Waals surface area contributed by atoms with Gasteiger partial charge in [-0.1, -0.05) is 52.4 Å². The van der Waals surface area contributed by atoms with Gasteiger partial charge in [0, 0.05) is 4.47 Å². The molecule has 32 heavy (non-hydrogen) atoms. The summed E-state index contributed by atoms with van der Waals surface area (Å²) in [6.07, 6.45) is 2.27. The van der Waals surface area contributed by atoms with Crippen LogP contribution in [0.4, 0.5) is 5.13 Å². The zero-order valence-corrected chi connectivity index (χ0v) is 19.3. The van der Waals surface area contributed by atoms with Gasteiger partial charge < -0.3 is 9.52 Å². The van der Waals surface area contributed by atoms with E-state index in [1.54, 1.807) is 6.07 Å². The lowest BCUT2D eigenvalue weighted by Gasteiger charge is -2.24. The van der Waals surface area contributed by atoms with Crippen LogP contribution in [-0.4, -0.2) is 21.8 Å². The lowest BCUT2D eigenvalue weighted by atomic mass is 9.95. The number of rotatable bonds is 5. The molecule has 8 heteroatoms. The average Bonchev–Trinajstić information content (AvgIpc) is 3.51. The van der Waals surface area contributed by atoms with Crippen LogP contribution < -0.4 is 4.90 Å². The Morgan fingerprint density at radius 3 is 2.78 bits per heavy atom. The molecule has 6 nitrogen and oxygen atoms in total. The summed E-state index contributed by atoms with van der Waals surface area (Å²) in [5.41, 5.74) is 2.56. The number of Topliss-reactive ketones (excluding diaryl/α,β-unsaturated/α-hetero) is 1. The van der Waals surface area contributed by atoms with Crippen molar-refractivity contribution in [3.63, 3.8) is 0 Å². The van der Waals surface area contributed by atoms with Gasteiger partial charge >= 0.3 is 0 Å². The molecule has 0 bridgehead atoms. The highest BCUT2D eigenvalue weighted by Gasteiger charge is 2.46. The van der Waals surface area contributed by atoms with Crippen LogP contribution in [0.3, 0.4) is 0 Å². The quantitative estimate of drug-likeness (QED) is 0.334. The minimum Gasteiger partial charge on any atom is -0.503 e. The second kappa shape index (κ2) is 8.03. The summed E-state index contributed by atoms with van der Waals surface area (Å²) in [4.78, 5) is 32.5. The van der Waals surface area contributed by atoms with Crippen LogP contribution in [0.15, 0.2) is 81.1 Å². The third kappa shape index (κ3) is 3.36. The monoisotopic (exact) mass is 508 g/mol. The molecule has 0 unspecified atom stereocenters. The van der Waals surface area contributed by atoms with Gasteiger partial charge in [-0.15, -0.1) is 0 Å². The van der Waals surface area contributed by atoms with Gasteiger partial charge in [0.15, 0.2) is 16.7 Å². The first kappa shape index (κ1) is 20.7. The number of thiazole rings is 1. The first-order chi connectivity index (χ1) is 15.5. The highest BCUT2D eigenvalue weighted by Crippen LogP contribution is 2.44. The number of hydrogen-bond acceptors (Lipinski definition) is 6. The standard InChI is InChI=1S/C24H17BrN2O4S/c1-2-13-8-9-16-18(11-13)32-24(26-16)27-20(14-5-3-6-15(25)12-14)19(22(29)23(27)30)21(28)17-7-4-10-31-17/h3-12,20,29H,2H2,1H3/t20-/m1/s1. The second-order valence-electron chi connectivity index (χ2n) is 7.35. The lowest BCUT2D eigenvalue weighted by molar-refractivity contribution is -0.117. The Labute approximate surface area is 195 Å². The number of ketones is 1. The molecular formula is C24H17BrN2O4S. The van der Waals surface area contributed by atoms with Gasteiger partial charge in [0.1, 0.15) is 0 Å². The summed E-state index contributed by atoms with van der Waals surface area (Å²) in [6, 6.07) is 15.5. The molecule has 0 fully saturated rings. The number of halogens is 1. The van der Waals surface area contributed by atoms with E-state index in [4.69, 9.17) is 4.42 Å². The molecular weight excluding hydrogens is 492 g/mol. The first-order valence-electron chi connectivity index (χ1n) is 9.97. The van der Waals surface area contributed by atoms with Crippen LogP contribution in [-0.2, 0) is 11.2 Å². The van der Waals surface area contributed by atoms with Crippen LogP contribution in [0.2, 0.25) is 0 Å². The smallest absolute Gasteiger partial charge is 0.296 e. The summed E-state index contributed by atoms with van der Waals surface area (Å²) in [5.74, 6) is -1.75. The summed E-state index contributed by atoms with van der Waals surface area (Å²) in [5, 5.41) is 11.2. The minimum absolute atomic E-state index is 0.0310. The number of fused-ring (bicyclic) bond motifs is 1. The van der Waals surface area contributed by atoms with Crippen molar-refractivity contribution in [2.75, 3.05) is 4.90 Å². The summed E-state index contributed by atoms with van der Waals surface area (Å²) in [6.45, 7) is 2.07. The van der Waals surface area contributed by atoms with Gasteiger partial charge in [-0.3, -0.25) is 14.5 Å². The maximum absolute atomic E-state index is 13.2. The Kier molecular flexibility index (Phi) is 5.19. The van der Waals surface area contributed by atoms with E-state index in [2.05, 4.69) is 27.8 Å². The summed E-state index contributed by atoms with van der Waals surface area (Å²) >= 11 is 4.81. The van der Waals surface area contributed by atoms with Crippen molar-refractivity contribution in [2.24, 2.45) is 0 Å². The molecule has 0 spiro atoms. The molecule has 2 aromatic carbocycles. The van der Waals surface area contributed by atoms with Crippen LogP contribution in [0.1, 0.15) is 34.6 Å². The van der Waals surface area contributed by atoms with Gasteiger partial charge in [-0.05, 0) is 53.9 Å². The van der Waals surface area contributed by atoms with Crippen LogP contribution in [0, 0.1) is 0 Å². The first-order valence-corrected chi connectivity index (χ1v) is 11.6. The number of amides is 1. The predicted molar refractivity (Wildman–Crippen MR) is 126 cm³/mol. The number of furan rings is 1. The number of aliphatic hydroxyl groups is 1. The van der Waals surface area contributed by atoms with E-state index < -0.39 is 23.5 Å². The van der Waals surface area contributed by atoms with E-state index in [-0.39, 0.29) is 11.3 Å². The maximum atomic E-state index is 13.2. The van der Waals surface area contributed by atoms with Crippen molar-refractivity contribution in [1.29, 1.82) is 0 Å². The number of aliphatic hydroxyl groups excluding tert-OH is 1. The van der Waals surface area contributed by atoms with Crippen LogP contribution in [0.25, 0.3) is 10.2 Å². The highest BCUT2D eigenvalue weighted by atomic mass is 79.9. The molecule has 1 aliphatic heterocycles. The van der Waals surface area contributed by atoms with E-state index in [0.29, 0.717) is 10.7 Å². The molecule has 0 radical (unpaired) electrons. The van der Waals surface area contributed by atoms with E-state index in [9.17, 15) is 14.7 Å². The number of nitrogens with zero attached hydrogens (tertiary/aromatic N) is 2. The van der Waals surface area contributed by atoms with Crippen molar-refractivity contribution in [1.82, 2.24) is 4.98 Å².